The molecule has 0 aliphatic heterocycles. The number of ether oxygens (including phenoxy) is 1. The first-order valence-electron chi connectivity index (χ1n) is 5.72. The molecule has 5 heteroatoms. The van der Waals surface area contributed by atoms with Crippen molar-refractivity contribution < 1.29 is 19.1 Å². The molecule has 17 heavy (non-hydrogen) atoms. The Kier molecular flexibility index (Phi) is 6.46. The summed E-state index contributed by atoms with van der Waals surface area (Å²) in [5.41, 5.74) is -0.424. The van der Waals surface area contributed by atoms with Gasteiger partial charge < -0.3 is 14.4 Å². The lowest BCUT2D eigenvalue weighted by Crippen LogP contribution is -2.46. The molecule has 0 saturated carbocycles. The number of hydrogen-bond acceptors (Lipinski definition) is 4. The molecule has 0 N–H and O–H groups in total. The van der Waals surface area contributed by atoms with Gasteiger partial charge in [-0.15, -0.1) is 0 Å². The van der Waals surface area contributed by atoms with E-state index in [9.17, 15) is 14.4 Å². The number of carbonyl (C=O) groups is 3. The van der Waals surface area contributed by atoms with Crippen molar-refractivity contribution in [3.8, 4) is 0 Å². The van der Waals surface area contributed by atoms with E-state index in [-0.39, 0.29) is 31.3 Å². The maximum Gasteiger partial charge on any atom is 0.306 e. The zero-order chi connectivity index (χ0) is 13.5. The topological polar surface area (TPSA) is 63.7 Å². The van der Waals surface area contributed by atoms with Crippen LogP contribution in [0.4, 0.5) is 0 Å². The average Bonchev–Trinajstić information content (AvgIpc) is 2.21. The molecule has 0 aromatic carbocycles. The monoisotopic (exact) mass is 243 g/mol. The summed E-state index contributed by atoms with van der Waals surface area (Å²) in [5.74, 6) is -0.599. The predicted octanol–water partition coefficient (Wildman–Crippen LogP) is 1.16. The second kappa shape index (κ2) is 7.04. The van der Waals surface area contributed by atoms with Crippen LogP contribution in [0.5, 0.6) is 0 Å². The summed E-state index contributed by atoms with van der Waals surface area (Å²) in [6.45, 7) is 7.61. The quantitative estimate of drug-likeness (QED) is 0.518. The molecule has 0 rings (SSSR count). The Morgan fingerprint density at radius 1 is 1.24 bits per heavy atom. The predicted molar refractivity (Wildman–Crippen MR) is 63.4 cm³/mol. The van der Waals surface area contributed by atoms with Crippen molar-refractivity contribution in [1.82, 2.24) is 4.90 Å². The van der Waals surface area contributed by atoms with Crippen LogP contribution in [0.15, 0.2) is 0 Å². The Morgan fingerprint density at radius 2 is 1.82 bits per heavy atom. The van der Waals surface area contributed by atoms with Crippen molar-refractivity contribution in [1.29, 1.82) is 0 Å². The van der Waals surface area contributed by atoms with E-state index in [1.165, 1.54) is 4.90 Å². The SMILES string of the molecule is CCOC(=O)CCC(=O)N(CC=O)C(C)(C)C. The molecule has 0 aliphatic rings. The van der Waals surface area contributed by atoms with E-state index in [2.05, 4.69) is 0 Å². The van der Waals surface area contributed by atoms with Crippen molar-refractivity contribution >= 4 is 18.2 Å². The molecule has 5 nitrogen and oxygen atoms in total. The summed E-state index contributed by atoms with van der Waals surface area (Å²) in [7, 11) is 0. The lowest BCUT2D eigenvalue weighted by molar-refractivity contribution is -0.147. The van der Waals surface area contributed by atoms with Crippen molar-refractivity contribution in [3.05, 3.63) is 0 Å². The van der Waals surface area contributed by atoms with E-state index in [0.717, 1.165) is 0 Å². The van der Waals surface area contributed by atoms with Gasteiger partial charge in [-0.3, -0.25) is 9.59 Å². The molecule has 0 spiro atoms. The van der Waals surface area contributed by atoms with Crippen LogP contribution < -0.4 is 0 Å². The zero-order valence-corrected chi connectivity index (χ0v) is 11.0. The Balaban J connectivity index is 4.34. The van der Waals surface area contributed by atoms with Crippen LogP contribution in [0.1, 0.15) is 40.5 Å². The molecule has 1 amide bonds. The molecule has 0 aliphatic carbocycles. The fourth-order valence-corrected chi connectivity index (χ4v) is 1.40. The molecular weight excluding hydrogens is 222 g/mol. The third-order valence-corrected chi connectivity index (χ3v) is 2.22. The minimum Gasteiger partial charge on any atom is -0.466 e. The van der Waals surface area contributed by atoms with E-state index in [0.29, 0.717) is 12.9 Å². The number of aldehydes is 1. The molecule has 0 unspecified atom stereocenters. The number of nitrogens with zero attached hydrogens (tertiary/aromatic N) is 1. The van der Waals surface area contributed by atoms with Crippen LogP contribution in [0.25, 0.3) is 0 Å². The van der Waals surface area contributed by atoms with Gasteiger partial charge in [0.05, 0.1) is 19.6 Å². The molecule has 0 saturated heterocycles. The lowest BCUT2D eigenvalue weighted by atomic mass is 10.1. The van der Waals surface area contributed by atoms with E-state index in [1.807, 2.05) is 20.8 Å². The highest BCUT2D eigenvalue weighted by Crippen LogP contribution is 2.14. The fourth-order valence-electron chi connectivity index (χ4n) is 1.40. The van der Waals surface area contributed by atoms with Gasteiger partial charge in [0.15, 0.2) is 0 Å². The third-order valence-electron chi connectivity index (χ3n) is 2.22. The van der Waals surface area contributed by atoms with Gasteiger partial charge in [0.25, 0.3) is 0 Å². The lowest BCUT2D eigenvalue weighted by Gasteiger charge is -2.34. The molecule has 0 aromatic rings. The normalized spacial score (nSPS) is 10.8. The van der Waals surface area contributed by atoms with Gasteiger partial charge in [0, 0.05) is 12.0 Å². The van der Waals surface area contributed by atoms with E-state index >= 15 is 0 Å². The Labute approximate surface area is 102 Å². The molecule has 0 atom stereocenters. The summed E-state index contributed by atoms with van der Waals surface area (Å²) in [6, 6.07) is 0. The third kappa shape index (κ3) is 6.04. The average molecular weight is 243 g/mol. The van der Waals surface area contributed by atoms with Crippen LogP contribution in [0.3, 0.4) is 0 Å². The van der Waals surface area contributed by atoms with Gasteiger partial charge in [-0.1, -0.05) is 0 Å². The van der Waals surface area contributed by atoms with Gasteiger partial charge in [-0.25, -0.2) is 0 Å². The van der Waals surface area contributed by atoms with Gasteiger partial charge >= 0.3 is 5.97 Å². The molecule has 98 valence electrons. The summed E-state index contributed by atoms with van der Waals surface area (Å²) in [5, 5.41) is 0. The standard InChI is InChI=1S/C12H21NO4/c1-5-17-11(16)7-6-10(15)13(8-9-14)12(2,3)4/h9H,5-8H2,1-4H3. The molecule has 0 aromatic heterocycles. The highest BCUT2D eigenvalue weighted by Gasteiger charge is 2.26. The van der Waals surface area contributed by atoms with E-state index in [1.54, 1.807) is 6.92 Å². The summed E-state index contributed by atoms with van der Waals surface area (Å²) >= 11 is 0. The van der Waals surface area contributed by atoms with Crippen LogP contribution in [0, 0.1) is 0 Å². The van der Waals surface area contributed by atoms with Crippen LogP contribution in [0.2, 0.25) is 0 Å². The van der Waals surface area contributed by atoms with Crippen molar-refractivity contribution in [2.75, 3.05) is 13.2 Å². The highest BCUT2D eigenvalue weighted by molar-refractivity contribution is 5.83. The highest BCUT2D eigenvalue weighted by atomic mass is 16.5. The number of rotatable bonds is 6. The first-order chi connectivity index (χ1) is 7.82. The zero-order valence-electron chi connectivity index (χ0n) is 11.0. The maximum absolute atomic E-state index is 11.8. The molecule has 0 fully saturated rings. The van der Waals surface area contributed by atoms with Crippen LogP contribution in [-0.2, 0) is 19.1 Å². The van der Waals surface area contributed by atoms with Crippen molar-refractivity contribution in [2.45, 2.75) is 46.1 Å². The van der Waals surface area contributed by atoms with Gasteiger partial charge in [0.2, 0.25) is 5.91 Å². The van der Waals surface area contributed by atoms with Gasteiger partial charge in [-0.2, -0.15) is 0 Å². The minimum absolute atomic E-state index is 0.0468. The first-order valence-corrected chi connectivity index (χ1v) is 5.72. The maximum atomic E-state index is 11.8. The van der Waals surface area contributed by atoms with E-state index in [4.69, 9.17) is 4.74 Å². The Bertz CT molecular complexity index is 281. The van der Waals surface area contributed by atoms with Crippen LogP contribution >= 0.6 is 0 Å². The van der Waals surface area contributed by atoms with E-state index < -0.39 is 5.54 Å². The number of amides is 1. The van der Waals surface area contributed by atoms with Crippen LogP contribution in [-0.4, -0.2) is 41.8 Å². The summed E-state index contributed by atoms with van der Waals surface area (Å²) in [6.07, 6.45) is 0.815. The molecule has 0 heterocycles. The minimum atomic E-state index is -0.424. The number of hydrogen-bond donors (Lipinski definition) is 0. The van der Waals surface area contributed by atoms with Gasteiger partial charge in [0.1, 0.15) is 6.29 Å². The summed E-state index contributed by atoms with van der Waals surface area (Å²) in [4.78, 5) is 34.9. The molecular formula is C12H21NO4. The fraction of sp³-hybridized carbons (Fsp3) is 0.750. The number of esters is 1. The largest absolute Gasteiger partial charge is 0.466 e. The second-order valence-electron chi connectivity index (χ2n) is 4.65. The second-order valence-corrected chi connectivity index (χ2v) is 4.65. The summed E-state index contributed by atoms with van der Waals surface area (Å²) < 4.78 is 4.74. The van der Waals surface area contributed by atoms with Crippen molar-refractivity contribution in [2.24, 2.45) is 0 Å². The van der Waals surface area contributed by atoms with Crippen molar-refractivity contribution in [3.63, 3.8) is 0 Å². The molecule has 0 radical (unpaired) electrons. The smallest absolute Gasteiger partial charge is 0.306 e. The number of carbonyl (C=O) groups excluding carboxylic acids is 3. The first kappa shape index (κ1) is 15.6. The van der Waals surface area contributed by atoms with Gasteiger partial charge in [-0.05, 0) is 27.7 Å². The molecule has 0 bridgehead atoms. The Hall–Kier alpha value is -1.39. The Morgan fingerprint density at radius 3 is 2.24 bits per heavy atom.